The first-order chi connectivity index (χ1) is 54.4. The Hall–Kier alpha value is -9.76. The number of fused-ring (bicyclic) bond motifs is 4. The van der Waals surface area contributed by atoms with Crippen LogP contribution < -0.4 is 35.1 Å². The number of carboxylic acid groups (broad SMARTS) is 2. The summed E-state index contributed by atoms with van der Waals surface area (Å²) in [7, 11) is -1.66. The Labute approximate surface area is 661 Å². The maximum absolute atomic E-state index is 14.3. The Bertz CT molecular complexity index is 4680. The third-order valence-corrected chi connectivity index (χ3v) is 24.0. The SMILES string of the molecule is COCCN(CCOC12CC(Cn3ncc(-c4ccc(N5CCc6c(OC)ccc(C(=O)Nc7nc8ccccc8s7)c6C5)nc4C(=O)O)c3C)C3CCC(C)(C1)CC3(C)C2)C(=O)OCc1ccc(OCCOCCNC(=O)[C@H](CS(=O)(=O)O)NC(=O)CCCCCN2C(=O)C=CC2=O)cc1O[C@@H]1O[C@H](C(=O)O)[C@@H](O)[C@H](O)[C@H]1O. The van der Waals surface area contributed by atoms with E-state index in [1.54, 1.807) is 31.5 Å². The number of imide groups is 1. The number of carbonyl (C=O) groups is 8. The molecule has 3 aromatic carbocycles. The van der Waals surface area contributed by atoms with E-state index in [4.69, 9.17) is 48.0 Å². The van der Waals surface area contributed by atoms with Crippen LogP contribution in [0.15, 0.2) is 85.1 Å². The van der Waals surface area contributed by atoms with Crippen LogP contribution in [0, 0.1) is 29.6 Å². The maximum atomic E-state index is 14.3. The second kappa shape index (κ2) is 36.0. The maximum Gasteiger partial charge on any atom is 0.410 e. The predicted molar refractivity (Wildman–Crippen MR) is 409 cm³/mol. The molecule has 6 aliphatic rings. The first-order valence-electron chi connectivity index (χ1n) is 37.8. The van der Waals surface area contributed by atoms with E-state index in [0.29, 0.717) is 78.1 Å². The lowest BCUT2D eigenvalue weighted by molar-refractivity contribution is -0.271. The number of unbranched alkanes of at least 4 members (excludes halogenated alkanes) is 2. The lowest BCUT2D eigenvalue weighted by atomic mass is 9.42. The van der Waals surface area contributed by atoms with Crippen molar-refractivity contribution in [3.05, 3.63) is 119 Å². The molecule has 6 amide bonds. The van der Waals surface area contributed by atoms with E-state index in [9.17, 15) is 76.9 Å². The zero-order valence-corrected chi connectivity index (χ0v) is 65.5. The van der Waals surface area contributed by atoms with Crippen molar-refractivity contribution in [3.8, 4) is 28.4 Å². The van der Waals surface area contributed by atoms with Crippen molar-refractivity contribution in [2.75, 3.05) is 95.9 Å². The van der Waals surface area contributed by atoms with Gasteiger partial charge in [0.15, 0.2) is 16.9 Å². The highest BCUT2D eigenvalue weighted by molar-refractivity contribution is 7.85. The van der Waals surface area contributed by atoms with Gasteiger partial charge in [0.2, 0.25) is 18.1 Å². The van der Waals surface area contributed by atoms with Crippen LogP contribution in [0.3, 0.4) is 0 Å². The van der Waals surface area contributed by atoms with Crippen molar-refractivity contribution in [1.29, 1.82) is 0 Å². The van der Waals surface area contributed by atoms with Gasteiger partial charge in [-0.1, -0.05) is 43.7 Å². The number of carbonyl (C=O) groups excluding carboxylic acids is 6. The molecule has 11 atom stereocenters. The molecule has 3 bridgehead atoms. The number of ether oxygens (including phenoxy) is 8. The first kappa shape index (κ1) is 83.7. The molecule has 3 aromatic heterocycles. The summed E-state index contributed by atoms with van der Waals surface area (Å²) in [5.74, 6) is -5.34. The summed E-state index contributed by atoms with van der Waals surface area (Å²) in [6, 6.07) is 17.4. The van der Waals surface area contributed by atoms with Gasteiger partial charge in [-0.05, 0) is 141 Å². The Morgan fingerprint density at radius 2 is 1.62 bits per heavy atom. The number of aliphatic hydroxyl groups excluding tert-OH is 3. The van der Waals surface area contributed by atoms with Crippen molar-refractivity contribution in [2.24, 2.45) is 22.7 Å². The highest BCUT2D eigenvalue weighted by atomic mass is 32.2. The Kier molecular flexibility index (Phi) is 26.4. The fourth-order valence-corrected chi connectivity index (χ4v) is 18.8. The molecule has 34 nitrogen and oxygen atoms in total. The van der Waals surface area contributed by atoms with Gasteiger partial charge in [-0.25, -0.2) is 24.4 Å². The summed E-state index contributed by atoms with van der Waals surface area (Å²) >= 11 is 1.38. The predicted octanol–water partition coefficient (Wildman–Crippen LogP) is 5.69. The summed E-state index contributed by atoms with van der Waals surface area (Å²) in [5.41, 5.74) is 3.96. The zero-order chi connectivity index (χ0) is 81.4. The number of carboxylic acids is 2. The first-order valence-corrected chi connectivity index (χ1v) is 40.3. The number of aliphatic hydroxyl groups is 3. The average molecular weight is 1620 g/mol. The fourth-order valence-electron chi connectivity index (χ4n) is 17.3. The van der Waals surface area contributed by atoms with Crippen molar-refractivity contribution < 1.29 is 115 Å². The summed E-state index contributed by atoms with van der Waals surface area (Å²) in [6.45, 7) is 7.46. The van der Waals surface area contributed by atoms with E-state index in [2.05, 4.69) is 34.8 Å². The summed E-state index contributed by atoms with van der Waals surface area (Å²) in [5, 5.41) is 66.0. The monoisotopic (exact) mass is 1620 g/mol. The molecule has 36 heteroatoms. The number of para-hydroxylation sites is 1. The number of aromatic nitrogens is 4. The highest BCUT2D eigenvalue weighted by Crippen LogP contribution is 2.68. The molecule has 6 aromatic rings. The van der Waals surface area contributed by atoms with Crippen molar-refractivity contribution >= 4 is 90.2 Å². The topological polar surface area (TPSA) is 455 Å². The number of rotatable bonds is 37. The summed E-state index contributed by atoms with van der Waals surface area (Å²) in [6.07, 6.45) is 0.0937. The number of nitrogens with zero attached hydrogens (tertiary/aromatic N) is 7. The minimum Gasteiger partial charge on any atom is -0.496 e. The van der Waals surface area contributed by atoms with Gasteiger partial charge in [-0.2, -0.15) is 13.5 Å². The van der Waals surface area contributed by atoms with Gasteiger partial charge in [0.05, 0.1) is 55.6 Å². The average Bonchev–Trinajstić information content (AvgIpc) is 0.793. The normalized spacial score (nSPS) is 23.9. The second-order valence-corrected chi connectivity index (χ2v) is 33.0. The van der Waals surface area contributed by atoms with Gasteiger partial charge in [0.25, 0.3) is 27.8 Å². The number of amides is 6. The van der Waals surface area contributed by atoms with E-state index in [1.807, 2.05) is 46.8 Å². The third-order valence-electron chi connectivity index (χ3n) is 22.3. The Morgan fingerprint density at radius 3 is 2.37 bits per heavy atom. The molecule has 3 saturated carbocycles. The number of aromatic carboxylic acids is 1. The number of anilines is 2. The van der Waals surface area contributed by atoms with Crippen LogP contribution in [0.1, 0.15) is 121 Å². The van der Waals surface area contributed by atoms with Gasteiger partial charge in [-0.3, -0.25) is 43.4 Å². The van der Waals surface area contributed by atoms with Crippen molar-refractivity contribution in [3.63, 3.8) is 0 Å². The number of hydrogen-bond acceptors (Lipinski definition) is 26. The van der Waals surface area contributed by atoms with E-state index < -0.39 is 106 Å². The standard InChI is InChI=1S/C78H96N10O24S2/c1-45-52(50-17-19-60(83-64(50)71(97)98)86-27-23-49-53(39-86)51(16-18-57(49)106-5)69(95)84-74-82-55-11-8-9-12-59(55)113-74)37-80-88(45)38-47-36-78(43-76(2)24-22-54(47)77(3,42-76)44-78)110-32-29-85(28-31-105-4)75(101)109-40-46-14-15-48(35-58(46)111-73-67(94)65(92)66(93)68(112-73)72(99)100)108-34-33-107-30-25-79-70(96)56(41-114(102,103)104)81-61(89)13-7-6-10-26-87-62(90)20-21-63(87)91/h8-9,11-12,14-21,35,37,47,54,56,65-68,73,92-94H,6-7,10,13,22-34,36,38-44H2,1-5H3,(H,79,96)(H,81,89)(H,97,98)(H,99,100)(H,82,84,95)(H,102,103,104)/t47?,54?,56-,65-,66-,67+,68-,73+,76?,77?,78?/m0/s1. The molecule has 0 radical (unpaired) electrons. The Balaban J connectivity index is 0.668. The van der Waals surface area contributed by atoms with Crippen LogP contribution in [0.25, 0.3) is 21.3 Å². The minimum atomic E-state index is -4.74. The number of thiazole rings is 1. The summed E-state index contributed by atoms with van der Waals surface area (Å²) in [4.78, 5) is 117. The molecule has 6 heterocycles. The number of hydrogen-bond donors (Lipinski definition) is 9. The summed E-state index contributed by atoms with van der Waals surface area (Å²) < 4.78 is 83.3. The molecular formula is C78H96N10O24S2. The second-order valence-electron chi connectivity index (χ2n) is 30.5. The molecule has 1 saturated heterocycles. The number of nitrogens with one attached hydrogen (secondary N) is 3. The number of methoxy groups -OCH3 is 2. The largest absolute Gasteiger partial charge is 0.496 e. The van der Waals surface area contributed by atoms with Crippen LogP contribution in [0.4, 0.5) is 15.7 Å². The highest BCUT2D eigenvalue weighted by Gasteiger charge is 2.62. The van der Waals surface area contributed by atoms with E-state index in [0.717, 1.165) is 76.2 Å². The smallest absolute Gasteiger partial charge is 0.410 e. The molecule has 114 heavy (non-hydrogen) atoms. The van der Waals surface area contributed by atoms with Gasteiger partial charge < -0.3 is 83.9 Å². The molecule has 614 valence electrons. The fraction of sp³-hybridized carbons (Fsp3) is 0.526. The van der Waals surface area contributed by atoms with Crippen LogP contribution >= 0.6 is 11.3 Å². The van der Waals surface area contributed by atoms with Crippen LogP contribution in [-0.2, 0) is 83.9 Å². The lowest BCUT2D eigenvalue weighted by Crippen LogP contribution is -2.61. The van der Waals surface area contributed by atoms with Crippen LogP contribution in [0.5, 0.6) is 17.2 Å². The van der Waals surface area contributed by atoms with Crippen molar-refractivity contribution in [1.82, 2.24) is 40.2 Å². The van der Waals surface area contributed by atoms with E-state index in [-0.39, 0.29) is 124 Å². The molecule has 0 spiro atoms. The van der Waals surface area contributed by atoms with E-state index in [1.165, 1.54) is 41.5 Å². The van der Waals surface area contributed by atoms with Crippen LogP contribution in [-0.4, -0.2) is 244 Å². The van der Waals surface area contributed by atoms with Gasteiger partial charge in [-0.15, -0.1) is 0 Å². The van der Waals surface area contributed by atoms with Gasteiger partial charge >= 0.3 is 18.0 Å². The van der Waals surface area contributed by atoms with Gasteiger partial charge in [0, 0.05) is 111 Å². The molecular weight excluding hydrogens is 1530 g/mol. The molecule has 4 fully saturated rings. The van der Waals surface area contributed by atoms with E-state index >= 15 is 0 Å². The van der Waals surface area contributed by atoms with Crippen LogP contribution in [0.2, 0.25) is 0 Å². The molecule has 5 unspecified atom stereocenters. The van der Waals surface area contributed by atoms with Gasteiger partial charge in [0.1, 0.15) is 66.4 Å². The number of aliphatic carboxylic acids is 1. The lowest BCUT2D eigenvalue weighted by Gasteiger charge is -2.66. The minimum absolute atomic E-state index is 0.0100. The third kappa shape index (κ3) is 19.6. The zero-order valence-electron chi connectivity index (χ0n) is 63.9. The molecule has 9 N–H and O–H groups in total. The quantitative estimate of drug-likeness (QED) is 0.0128. The van der Waals surface area contributed by atoms with Crippen molar-refractivity contribution in [2.45, 2.75) is 153 Å². The number of pyridine rings is 1. The molecule has 12 rings (SSSR count). The number of benzene rings is 3. The Morgan fingerprint density at radius 1 is 0.842 bits per heavy atom. The molecule has 3 aliphatic carbocycles. The molecule has 3 aliphatic heterocycles.